The van der Waals surface area contributed by atoms with E-state index in [1.807, 2.05) is 12.1 Å². The van der Waals surface area contributed by atoms with Gasteiger partial charge in [0.15, 0.2) is 0 Å². The fraction of sp³-hybridized carbons (Fsp3) is 0.0909. The van der Waals surface area contributed by atoms with Crippen molar-refractivity contribution in [2.24, 2.45) is 0 Å². The third-order valence-electron chi connectivity index (χ3n) is 2.12. The summed E-state index contributed by atoms with van der Waals surface area (Å²) in [6, 6.07) is 5.87. The molecule has 0 unspecified atom stereocenters. The smallest absolute Gasteiger partial charge is 0.328 e. The molecule has 16 heavy (non-hydrogen) atoms. The van der Waals surface area contributed by atoms with Crippen molar-refractivity contribution in [3.63, 3.8) is 0 Å². The molecule has 0 spiro atoms. The van der Waals surface area contributed by atoms with E-state index in [0.717, 1.165) is 17.2 Å². The monoisotopic (exact) mass is 218 g/mol. The molecule has 2 N–H and O–H groups in total. The van der Waals surface area contributed by atoms with E-state index in [1.165, 1.54) is 13.2 Å². The van der Waals surface area contributed by atoms with Crippen LogP contribution < -0.4 is 4.74 Å². The molecule has 0 saturated heterocycles. The predicted octanol–water partition coefficient (Wildman–Crippen LogP) is 1.67. The van der Waals surface area contributed by atoms with Crippen LogP contribution in [0.5, 0.6) is 6.01 Å². The van der Waals surface area contributed by atoms with Gasteiger partial charge in [-0.05, 0) is 12.1 Å². The van der Waals surface area contributed by atoms with Gasteiger partial charge in [0.25, 0.3) is 6.01 Å². The second-order valence-corrected chi connectivity index (χ2v) is 3.16. The number of rotatable bonds is 3. The number of aliphatic carboxylic acids is 1. The molecule has 2 rings (SSSR count). The van der Waals surface area contributed by atoms with Crippen LogP contribution in [0.3, 0.4) is 0 Å². The van der Waals surface area contributed by atoms with Crippen molar-refractivity contribution in [1.29, 1.82) is 0 Å². The lowest BCUT2D eigenvalue weighted by atomic mass is 10.2. The number of imidazole rings is 1. The molecule has 0 amide bonds. The van der Waals surface area contributed by atoms with Gasteiger partial charge in [-0.15, -0.1) is 0 Å². The van der Waals surface area contributed by atoms with Gasteiger partial charge in [0.05, 0.1) is 18.1 Å². The average molecular weight is 218 g/mol. The Kier molecular flexibility index (Phi) is 2.59. The Morgan fingerprint density at radius 2 is 2.38 bits per heavy atom. The summed E-state index contributed by atoms with van der Waals surface area (Å²) in [6.45, 7) is 0. The van der Waals surface area contributed by atoms with E-state index in [1.54, 1.807) is 6.07 Å². The molecule has 0 radical (unpaired) electrons. The summed E-state index contributed by atoms with van der Waals surface area (Å²) in [5.41, 5.74) is 2.24. The SMILES string of the molecule is COc1nc2c(C=CC(=O)O)cccc2[nH]1. The molecule has 5 heteroatoms. The van der Waals surface area contributed by atoms with Gasteiger partial charge in [-0.3, -0.25) is 0 Å². The second-order valence-electron chi connectivity index (χ2n) is 3.16. The molecule has 0 aliphatic carbocycles. The van der Waals surface area contributed by atoms with Crippen molar-refractivity contribution in [2.45, 2.75) is 0 Å². The molecular weight excluding hydrogens is 208 g/mol. The number of H-pyrrole nitrogens is 1. The third kappa shape index (κ3) is 1.88. The lowest BCUT2D eigenvalue weighted by molar-refractivity contribution is -0.131. The summed E-state index contributed by atoms with van der Waals surface area (Å²) in [4.78, 5) is 17.6. The highest BCUT2D eigenvalue weighted by Gasteiger charge is 2.05. The zero-order valence-corrected chi connectivity index (χ0v) is 8.60. The fourth-order valence-corrected chi connectivity index (χ4v) is 1.42. The van der Waals surface area contributed by atoms with E-state index in [9.17, 15) is 4.79 Å². The van der Waals surface area contributed by atoms with E-state index in [-0.39, 0.29) is 0 Å². The van der Waals surface area contributed by atoms with Crippen molar-refractivity contribution in [1.82, 2.24) is 9.97 Å². The molecule has 1 aromatic heterocycles. The fourth-order valence-electron chi connectivity index (χ4n) is 1.42. The number of nitrogens with zero attached hydrogens (tertiary/aromatic N) is 1. The lowest BCUT2D eigenvalue weighted by Gasteiger charge is -1.93. The first-order chi connectivity index (χ1) is 7.70. The second kappa shape index (κ2) is 4.06. The van der Waals surface area contributed by atoms with Crippen molar-refractivity contribution < 1.29 is 14.6 Å². The number of fused-ring (bicyclic) bond motifs is 1. The minimum absolute atomic E-state index is 0.408. The van der Waals surface area contributed by atoms with Crippen molar-refractivity contribution in [3.05, 3.63) is 29.8 Å². The molecule has 0 fully saturated rings. The highest BCUT2D eigenvalue weighted by Crippen LogP contribution is 2.20. The summed E-state index contributed by atoms with van der Waals surface area (Å²) in [5, 5.41) is 8.56. The molecule has 5 nitrogen and oxygen atoms in total. The van der Waals surface area contributed by atoms with Gasteiger partial charge in [0.2, 0.25) is 0 Å². The number of benzene rings is 1. The Hall–Kier alpha value is -2.30. The van der Waals surface area contributed by atoms with E-state index in [0.29, 0.717) is 11.5 Å². The largest absolute Gasteiger partial charge is 0.478 e. The molecule has 1 heterocycles. The van der Waals surface area contributed by atoms with Crippen LogP contribution in [0.15, 0.2) is 24.3 Å². The van der Waals surface area contributed by atoms with E-state index >= 15 is 0 Å². The minimum atomic E-state index is -0.987. The topological polar surface area (TPSA) is 75.2 Å². The van der Waals surface area contributed by atoms with Crippen LogP contribution in [0.2, 0.25) is 0 Å². The summed E-state index contributed by atoms with van der Waals surface area (Å²) in [5.74, 6) is -0.987. The third-order valence-corrected chi connectivity index (χ3v) is 2.12. The Morgan fingerprint density at radius 3 is 3.06 bits per heavy atom. The molecule has 0 aliphatic rings. The summed E-state index contributed by atoms with van der Waals surface area (Å²) < 4.78 is 4.97. The number of aromatic nitrogens is 2. The van der Waals surface area contributed by atoms with Crippen LogP contribution in [0, 0.1) is 0 Å². The maximum absolute atomic E-state index is 10.4. The lowest BCUT2D eigenvalue weighted by Crippen LogP contribution is -1.86. The van der Waals surface area contributed by atoms with Crippen LogP contribution in [0.25, 0.3) is 17.1 Å². The van der Waals surface area contributed by atoms with Gasteiger partial charge in [-0.25, -0.2) is 4.79 Å². The normalized spacial score (nSPS) is 11.1. The van der Waals surface area contributed by atoms with Gasteiger partial charge < -0.3 is 14.8 Å². The van der Waals surface area contributed by atoms with Gasteiger partial charge >= 0.3 is 5.97 Å². The number of para-hydroxylation sites is 1. The molecule has 0 aliphatic heterocycles. The Balaban J connectivity index is 2.52. The number of carboxylic acids is 1. The highest BCUT2D eigenvalue weighted by atomic mass is 16.5. The molecule has 0 atom stereocenters. The number of carboxylic acid groups (broad SMARTS) is 1. The standard InChI is InChI=1S/C11H10N2O3/c1-16-11-12-8-4-2-3-7(10(8)13-11)5-6-9(14)15/h2-6H,1H3,(H,12,13)(H,14,15). The van der Waals surface area contributed by atoms with Crippen LogP contribution in [0.4, 0.5) is 0 Å². The van der Waals surface area contributed by atoms with E-state index < -0.39 is 5.97 Å². The predicted molar refractivity (Wildman–Crippen MR) is 59.3 cm³/mol. The number of ether oxygens (including phenoxy) is 1. The first-order valence-corrected chi connectivity index (χ1v) is 4.64. The molecule has 1 aromatic carbocycles. The van der Waals surface area contributed by atoms with Gasteiger partial charge in [-0.2, -0.15) is 4.98 Å². The van der Waals surface area contributed by atoms with Crippen LogP contribution in [0.1, 0.15) is 5.56 Å². The van der Waals surface area contributed by atoms with E-state index in [2.05, 4.69) is 9.97 Å². The van der Waals surface area contributed by atoms with Crippen molar-refractivity contribution >= 4 is 23.1 Å². The summed E-state index contributed by atoms with van der Waals surface area (Å²) in [7, 11) is 1.52. The van der Waals surface area contributed by atoms with Gasteiger partial charge in [0.1, 0.15) is 0 Å². The van der Waals surface area contributed by atoms with E-state index in [4.69, 9.17) is 9.84 Å². The van der Waals surface area contributed by atoms with Gasteiger partial charge in [0, 0.05) is 11.6 Å². The molecule has 0 bridgehead atoms. The minimum Gasteiger partial charge on any atom is -0.478 e. The summed E-state index contributed by atoms with van der Waals surface area (Å²) >= 11 is 0. The Labute approximate surface area is 91.4 Å². The zero-order valence-electron chi connectivity index (χ0n) is 8.60. The maximum Gasteiger partial charge on any atom is 0.328 e. The summed E-state index contributed by atoms with van der Waals surface area (Å²) in [6.07, 6.45) is 2.58. The number of methoxy groups -OCH3 is 1. The van der Waals surface area contributed by atoms with Crippen molar-refractivity contribution in [2.75, 3.05) is 7.11 Å². The van der Waals surface area contributed by atoms with Crippen LogP contribution in [-0.2, 0) is 4.79 Å². The molecular formula is C11H10N2O3. The highest BCUT2D eigenvalue weighted by molar-refractivity contribution is 5.91. The Morgan fingerprint density at radius 1 is 1.56 bits per heavy atom. The molecule has 2 aromatic rings. The number of nitrogens with one attached hydrogen (secondary N) is 1. The first-order valence-electron chi connectivity index (χ1n) is 4.64. The first kappa shape index (κ1) is 10.2. The molecule has 0 saturated carbocycles. The maximum atomic E-state index is 10.4. The molecule has 82 valence electrons. The number of hydrogen-bond acceptors (Lipinski definition) is 3. The number of aromatic amines is 1. The Bertz CT molecular complexity index is 557. The average Bonchev–Trinajstić information content (AvgIpc) is 2.69. The van der Waals surface area contributed by atoms with Gasteiger partial charge in [-0.1, -0.05) is 12.1 Å². The zero-order chi connectivity index (χ0) is 11.5. The van der Waals surface area contributed by atoms with Crippen LogP contribution >= 0.6 is 0 Å². The van der Waals surface area contributed by atoms with Crippen LogP contribution in [-0.4, -0.2) is 28.2 Å². The quantitative estimate of drug-likeness (QED) is 0.768. The number of hydrogen-bond donors (Lipinski definition) is 2. The number of carbonyl (C=O) groups is 1. The van der Waals surface area contributed by atoms with Crippen molar-refractivity contribution in [3.8, 4) is 6.01 Å².